The first-order valence-corrected chi connectivity index (χ1v) is 8.04. The lowest BCUT2D eigenvalue weighted by atomic mass is 9.79. The molecule has 0 radical (unpaired) electrons. The summed E-state index contributed by atoms with van der Waals surface area (Å²) in [5.74, 6) is 0.917. The molecule has 1 heterocycles. The molecule has 5 nitrogen and oxygen atoms in total. The average Bonchev–Trinajstić information content (AvgIpc) is 2.50. The molecule has 1 fully saturated rings. The van der Waals surface area contributed by atoms with Gasteiger partial charge in [-0.1, -0.05) is 26.8 Å². The van der Waals surface area contributed by atoms with Gasteiger partial charge in [0, 0.05) is 12.8 Å². The normalized spacial score (nSPS) is 30.7. The number of benzene rings is 1. The third-order valence-corrected chi connectivity index (χ3v) is 4.79. The molecule has 0 saturated carbocycles. The van der Waals surface area contributed by atoms with E-state index in [0.717, 1.165) is 5.56 Å². The van der Waals surface area contributed by atoms with E-state index in [2.05, 4.69) is 20.8 Å². The summed E-state index contributed by atoms with van der Waals surface area (Å²) in [5.41, 5.74) is 0.999. The maximum absolute atomic E-state index is 11.1. The van der Waals surface area contributed by atoms with Crippen LogP contribution in [0.2, 0.25) is 0 Å². The minimum atomic E-state index is -0.491. The summed E-state index contributed by atoms with van der Waals surface area (Å²) in [6.45, 7) is 9.85. The van der Waals surface area contributed by atoms with Crippen LogP contribution >= 0.6 is 0 Å². The SMILES string of the molecule is CC(=O)OC[C@H]1O[C@@H](Oc2cc(C)ccc2O)[C@H](C)[C@@H](C)[C@@H]1C. The summed E-state index contributed by atoms with van der Waals surface area (Å²) in [4.78, 5) is 11.1. The van der Waals surface area contributed by atoms with E-state index in [1.54, 1.807) is 12.1 Å². The number of hydrogen-bond acceptors (Lipinski definition) is 5. The van der Waals surface area contributed by atoms with E-state index < -0.39 is 6.29 Å². The van der Waals surface area contributed by atoms with Gasteiger partial charge in [-0.25, -0.2) is 0 Å². The van der Waals surface area contributed by atoms with E-state index in [4.69, 9.17) is 14.2 Å². The van der Waals surface area contributed by atoms with Gasteiger partial charge >= 0.3 is 5.97 Å². The lowest BCUT2D eigenvalue weighted by molar-refractivity contribution is -0.223. The number of esters is 1. The van der Waals surface area contributed by atoms with Crippen LogP contribution in [0.1, 0.15) is 33.3 Å². The molecule has 0 bridgehead atoms. The second-order valence-corrected chi connectivity index (χ2v) is 6.51. The highest BCUT2D eigenvalue weighted by Gasteiger charge is 2.41. The van der Waals surface area contributed by atoms with Gasteiger partial charge in [0.25, 0.3) is 0 Å². The van der Waals surface area contributed by atoms with Crippen LogP contribution in [0.25, 0.3) is 0 Å². The van der Waals surface area contributed by atoms with Crippen molar-refractivity contribution in [3.8, 4) is 11.5 Å². The maximum atomic E-state index is 11.1. The van der Waals surface area contributed by atoms with Crippen LogP contribution in [0.4, 0.5) is 0 Å². The zero-order chi connectivity index (χ0) is 17.1. The Balaban J connectivity index is 2.13. The Morgan fingerprint density at radius 2 is 1.91 bits per heavy atom. The molecule has 0 spiro atoms. The van der Waals surface area contributed by atoms with E-state index in [1.807, 2.05) is 13.0 Å². The van der Waals surface area contributed by atoms with Gasteiger partial charge < -0.3 is 19.3 Å². The van der Waals surface area contributed by atoms with Gasteiger partial charge in [0.1, 0.15) is 6.61 Å². The number of carbonyl (C=O) groups is 1. The first-order valence-electron chi connectivity index (χ1n) is 8.04. The summed E-state index contributed by atoms with van der Waals surface area (Å²) in [5, 5.41) is 9.96. The molecule has 1 aromatic carbocycles. The molecule has 23 heavy (non-hydrogen) atoms. The smallest absolute Gasteiger partial charge is 0.302 e. The first-order chi connectivity index (χ1) is 10.8. The standard InChI is InChI=1S/C18H26O5/c1-10-6-7-15(20)16(8-10)22-18-13(4)11(2)12(3)17(23-18)9-21-14(5)19/h6-8,11-13,17-18,20H,9H2,1-5H3/t11-,12-,13+,17+,18+/m0/s1. The second kappa shape index (κ2) is 7.21. The molecule has 2 rings (SSSR count). The van der Waals surface area contributed by atoms with E-state index in [9.17, 15) is 9.90 Å². The Hall–Kier alpha value is -1.75. The third-order valence-electron chi connectivity index (χ3n) is 4.79. The zero-order valence-electron chi connectivity index (χ0n) is 14.4. The third kappa shape index (κ3) is 4.16. The van der Waals surface area contributed by atoms with Crippen LogP contribution in [0.5, 0.6) is 11.5 Å². The molecule has 5 atom stereocenters. The van der Waals surface area contributed by atoms with Crippen LogP contribution in [-0.2, 0) is 14.3 Å². The predicted octanol–water partition coefficient (Wildman–Crippen LogP) is 3.28. The van der Waals surface area contributed by atoms with Crippen molar-refractivity contribution < 1.29 is 24.1 Å². The van der Waals surface area contributed by atoms with Gasteiger partial charge in [0.05, 0.1) is 6.10 Å². The Bertz CT molecular complexity index is 556. The van der Waals surface area contributed by atoms with Crippen molar-refractivity contribution >= 4 is 5.97 Å². The molecule has 1 aliphatic heterocycles. The van der Waals surface area contributed by atoms with Crippen molar-refractivity contribution in [2.24, 2.45) is 17.8 Å². The number of aryl methyl sites for hydroxylation is 1. The Morgan fingerprint density at radius 3 is 2.57 bits per heavy atom. The molecule has 0 unspecified atom stereocenters. The van der Waals surface area contributed by atoms with Crippen molar-refractivity contribution in [2.45, 2.75) is 47.0 Å². The van der Waals surface area contributed by atoms with Gasteiger partial charge in [-0.3, -0.25) is 4.79 Å². The number of phenols is 1. The van der Waals surface area contributed by atoms with Gasteiger partial charge in [-0.15, -0.1) is 0 Å². The van der Waals surface area contributed by atoms with Crippen LogP contribution in [0.3, 0.4) is 0 Å². The number of rotatable bonds is 4. The van der Waals surface area contributed by atoms with Crippen LogP contribution in [0.15, 0.2) is 18.2 Å². The van der Waals surface area contributed by atoms with Gasteiger partial charge in [-0.2, -0.15) is 0 Å². The summed E-state index contributed by atoms with van der Waals surface area (Å²) in [6.07, 6.45) is -0.712. The monoisotopic (exact) mass is 322 g/mol. The number of aromatic hydroxyl groups is 1. The predicted molar refractivity (Wildman–Crippen MR) is 86.3 cm³/mol. The number of phenolic OH excluding ortho intramolecular Hbond substituents is 1. The molecule has 0 amide bonds. The highest BCUT2D eigenvalue weighted by molar-refractivity contribution is 5.65. The van der Waals surface area contributed by atoms with Gasteiger partial charge in [0.15, 0.2) is 11.5 Å². The molecule has 1 aromatic rings. The molecule has 5 heteroatoms. The summed E-state index contributed by atoms with van der Waals surface area (Å²) in [6, 6.07) is 5.22. The summed E-state index contributed by atoms with van der Waals surface area (Å²) >= 11 is 0. The maximum Gasteiger partial charge on any atom is 0.302 e. The minimum absolute atomic E-state index is 0.0919. The number of carbonyl (C=O) groups excluding carboxylic acids is 1. The topological polar surface area (TPSA) is 65.0 Å². The van der Waals surface area contributed by atoms with Crippen molar-refractivity contribution in [3.63, 3.8) is 0 Å². The molecule has 128 valence electrons. The second-order valence-electron chi connectivity index (χ2n) is 6.51. The fourth-order valence-corrected chi connectivity index (χ4v) is 2.85. The van der Waals surface area contributed by atoms with E-state index >= 15 is 0 Å². The van der Waals surface area contributed by atoms with Crippen LogP contribution in [-0.4, -0.2) is 30.1 Å². The van der Waals surface area contributed by atoms with Crippen molar-refractivity contribution in [1.29, 1.82) is 0 Å². The quantitative estimate of drug-likeness (QED) is 0.862. The molecule has 1 saturated heterocycles. The van der Waals surface area contributed by atoms with Gasteiger partial charge in [-0.05, 0) is 36.5 Å². The fourth-order valence-electron chi connectivity index (χ4n) is 2.85. The lowest BCUT2D eigenvalue weighted by Gasteiger charge is -2.43. The minimum Gasteiger partial charge on any atom is -0.504 e. The average molecular weight is 322 g/mol. The van der Waals surface area contributed by atoms with E-state index in [1.165, 1.54) is 6.92 Å². The highest BCUT2D eigenvalue weighted by Crippen LogP contribution is 2.38. The summed E-state index contributed by atoms with van der Waals surface area (Å²) in [7, 11) is 0. The Labute approximate surface area is 137 Å². The number of ether oxygens (including phenoxy) is 3. The Morgan fingerprint density at radius 1 is 1.22 bits per heavy atom. The first kappa shape index (κ1) is 17.6. The molecule has 1 N–H and O–H groups in total. The molecule has 1 aliphatic rings. The molecule has 0 aromatic heterocycles. The molecule has 0 aliphatic carbocycles. The summed E-state index contributed by atoms with van der Waals surface area (Å²) < 4.78 is 17.1. The number of hydrogen-bond donors (Lipinski definition) is 1. The largest absolute Gasteiger partial charge is 0.504 e. The fraction of sp³-hybridized carbons (Fsp3) is 0.611. The molecular weight excluding hydrogens is 296 g/mol. The highest BCUT2D eigenvalue weighted by atomic mass is 16.7. The lowest BCUT2D eigenvalue weighted by Crippen LogP contribution is -2.49. The van der Waals surface area contributed by atoms with Crippen molar-refractivity contribution in [3.05, 3.63) is 23.8 Å². The van der Waals surface area contributed by atoms with E-state index in [0.29, 0.717) is 11.7 Å². The van der Waals surface area contributed by atoms with Crippen LogP contribution in [0, 0.1) is 24.7 Å². The molecular formula is C18H26O5. The Kier molecular flexibility index (Phi) is 5.52. The van der Waals surface area contributed by atoms with E-state index in [-0.39, 0.29) is 36.3 Å². The van der Waals surface area contributed by atoms with Gasteiger partial charge in [0.2, 0.25) is 6.29 Å². The van der Waals surface area contributed by atoms with Crippen molar-refractivity contribution in [2.75, 3.05) is 6.61 Å². The van der Waals surface area contributed by atoms with Crippen LogP contribution < -0.4 is 4.74 Å². The van der Waals surface area contributed by atoms with Crippen molar-refractivity contribution in [1.82, 2.24) is 0 Å². The zero-order valence-corrected chi connectivity index (χ0v) is 14.4.